The van der Waals surface area contributed by atoms with Gasteiger partial charge >= 0.3 is 0 Å². The highest BCUT2D eigenvalue weighted by Crippen LogP contribution is 2.39. The molecule has 3 heterocycles. The fraction of sp³-hybridized carbons (Fsp3) is 0.146. The summed E-state index contributed by atoms with van der Waals surface area (Å²) < 4.78 is 2.54. The minimum absolute atomic E-state index is 0.217. The summed E-state index contributed by atoms with van der Waals surface area (Å²) >= 11 is 0. The molecule has 0 radical (unpaired) electrons. The van der Waals surface area contributed by atoms with Crippen molar-refractivity contribution in [2.24, 2.45) is 4.99 Å². The molecule has 0 saturated carbocycles. The van der Waals surface area contributed by atoms with Crippen LogP contribution in [-0.2, 0) is 6.42 Å². The van der Waals surface area contributed by atoms with Crippen molar-refractivity contribution in [2.45, 2.75) is 44.2 Å². The molecule has 10 rings (SSSR count). The predicted octanol–water partition coefficient (Wildman–Crippen LogP) is 11.7. The second-order valence-electron chi connectivity index (χ2n) is 14.2. The van der Waals surface area contributed by atoms with Crippen molar-refractivity contribution in [2.75, 3.05) is 0 Å². The van der Waals surface area contributed by atoms with Crippen molar-refractivity contribution in [3.05, 3.63) is 168 Å². The van der Waals surface area contributed by atoms with Crippen LogP contribution in [0.2, 0.25) is 0 Å². The van der Waals surface area contributed by atoms with Gasteiger partial charge in [0, 0.05) is 39.9 Å². The summed E-state index contributed by atoms with van der Waals surface area (Å²) in [5, 5.41) is 6.17. The van der Waals surface area contributed by atoms with Gasteiger partial charge in [-0.15, -0.1) is 0 Å². The van der Waals surface area contributed by atoms with Crippen molar-refractivity contribution < 1.29 is 0 Å². The fourth-order valence-corrected chi connectivity index (χ4v) is 8.54. The van der Waals surface area contributed by atoms with Crippen LogP contribution >= 0.6 is 0 Å². The first kappa shape index (κ1) is 30.7. The second kappa shape index (κ2) is 12.6. The molecule has 0 bridgehead atoms. The molecule has 250 valence electrons. The maximum atomic E-state index is 5.35. The lowest BCUT2D eigenvalue weighted by atomic mass is 9.90. The quantitative estimate of drug-likeness (QED) is 0.171. The zero-order valence-corrected chi connectivity index (χ0v) is 29.2. The molecule has 0 spiro atoms. The van der Waals surface area contributed by atoms with E-state index in [0.29, 0.717) is 0 Å². The van der Waals surface area contributed by atoms with Gasteiger partial charge in [0.05, 0.1) is 23.5 Å². The molecule has 52 heavy (non-hydrogen) atoms. The summed E-state index contributed by atoms with van der Waals surface area (Å²) in [6, 6.07) is 39.9. The van der Waals surface area contributed by atoms with Gasteiger partial charge in [0.2, 0.25) is 0 Å². The average Bonchev–Trinajstić information content (AvgIpc) is 3.55. The number of dihydropyridines is 1. The maximum absolute atomic E-state index is 5.35. The first-order valence-corrected chi connectivity index (χ1v) is 18.5. The Morgan fingerprint density at radius 2 is 1.48 bits per heavy atom. The van der Waals surface area contributed by atoms with E-state index < -0.39 is 0 Å². The molecule has 2 aromatic heterocycles. The molecule has 3 unspecified atom stereocenters. The van der Waals surface area contributed by atoms with Crippen LogP contribution in [0.5, 0.6) is 0 Å². The van der Waals surface area contributed by atoms with E-state index in [1.54, 1.807) is 0 Å². The lowest BCUT2D eigenvalue weighted by molar-refractivity contribution is 0.622. The van der Waals surface area contributed by atoms with Gasteiger partial charge < -0.3 is 4.57 Å². The molecule has 3 aliphatic rings. The van der Waals surface area contributed by atoms with Gasteiger partial charge in [0.1, 0.15) is 0 Å². The smallest absolute Gasteiger partial charge is 0.161 e. The standard InChI is InChI=1S/C48H38N4/c1-31-37(17-10-28-49-31)32-20-22-33(23-21-32)44-30-45(51-48(50-44)43-29-35-11-2-3-12-38(35)39-13-4-5-14-40(39)43)34-24-26-36(27-25-34)52-46-18-8-6-15-41(46)42-16-7-9-19-47(42)52/h2-6,8-15,17-26,28-31,36-37H,7,16,27H2,1H3. The highest BCUT2D eigenvalue weighted by Gasteiger charge is 2.24. The summed E-state index contributed by atoms with van der Waals surface area (Å²) in [7, 11) is 0. The van der Waals surface area contributed by atoms with Crippen LogP contribution in [-0.4, -0.2) is 26.8 Å². The molecule has 4 heteroatoms. The van der Waals surface area contributed by atoms with Crippen LogP contribution in [0.4, 0.5) is 0 Å². The number of aromatic nitrogens is 3. The normalized spacial score (nSPS) is 19.4. The molecular formula is C48H38N4. The monoisotopic (exact) mass is 670 g/mol. The second-order valence-corrected chi connectivity index (χ2v) is 14.2. The van der Waals surface area contributed by atoms with Gasteiger partial charge in [0.15, 0.2) is 5.82 Å². The molecule has 5 aromatic carbocycles. The number of allylic oxidation sites excluding steroid dienone is 6. The molecule has 0 N–H and O–H groups in total. The van der Waals surface area contributed by atoms with Crippen LogP contribution in [0, 0.1) is 0 Å². The Kier molecular flexibility index (Phi) is 7.42. The minimum Gasteiger partial charge on any atom is -0.333 e. The summed E-state index contributed by atoms with van der Waals surface area (Å²) in [6.07, 6.45) is 20.9. The van der Waals surface area contributed by atoms with Crippen molar-refractivity contribution in [3.8, 4) is 22.6 Å². The SMILES string of the molecule is CC1N=CC=CC1c1ccc(-c2cc(C3=CCC(n4c5c(c6ccccc64)CCC=C5)C=C3)nc(-c3cc4ccccc4c4ccccc34)n2)cc1. The van der Waals surface area contributed by atoms with E-state index in [1.165, 1.54) is 43.9 Å². The Hall–Kier alpha value is -6.13. The topological polar surface area (TPSA) is 43.1 Å². The van der Waals surface area contributed by atoms with Crippen LogP contribution in [0.3, 0.4) is 0 Å². The molecule has 0 fully saturated rings. The zero-order valence-electron chi connectivity index (χ0n) is 29.2. The molecule has 0 saturated heterocycles. The number of aliphatic imine (C=N–C) groups is 1. The molecule has 7 aromatic rings. The summed E-state index contributed by atoms with van der Waals surface area (Å²) in [6.45, 7) is 2.18. The predicted molar refractivity (Wildman–Crippen MR) is 218 cm³/mol. The van der Waals surface area contributed by atoms with Crippen molar-refractivity contribution in [1.29, 1.82) is 0 Å². The summed E-state index contributed by atoms with van der Waals surface area (Å²) in [5.74, 6) is 1.01. The molecule has 1 aliphatic heterocycles. The number of benzene rings is 5. The Balaban J connectivity index is 1.09. The number of fused-ring (bicyclic) bond motifs is 6. The van der Waals surface area contributed by atoms with Gasteiger partial charge in [-0.1, -0.05) is 121 Å². The van der Waals surface area contributed by atoms with Gasteiger partial charge in [-0.2, -0.15) is 0 Å². The van der Waals surface area contributed by atoms with Crippen LogP contribution in [0.1, 0.15) is 54.2 Å². The highest BCUT2D eigenvalue weighted by atomic mass is 15.0. The van der Waals surface area contributed by atoms with E-state index in [-0.39, 0.29) is 18.0 Å². The lowest BCUT2D eigenvalue weighted by Gasteiger charge is -2.22. The summed E-state index contributed by atoms with van der Waals surface area (Å²) in [4.78, 5) is 15.3. The molecule has 4 nitrogen and oxygen atoms in total. The maximum Gasteiger partial charge on any atom is 0.161 e. The third-order valence-corrected chi connectivity index (χ3v) is 11.2. The minimum atomic E-state index is 0.217. The van der Waals surface area contributed by atoms with E-state index >= 15 is 0 Å². The summed E-state index contributed by atoms with van der Waals surface area (Å²) in [5.41, 5.74) is 10.5. The van der Waals surface area contributed by atoms with E-state index in [1.807, 2.05) is 6.21 Å². The van der Waals surface area contributed by atoms with Crippen LogP contribution < -0.4 is 0 Å². The van der Waals surface area contributed by atoms with Crippen LogP contribution in [0.15, 0.2) is 151 Å². The molecule has 3 atom stereocenters. The largest absolute Gasteiger partial charge is 0.333 e. The molecule has 0 amide bonds. The Morgan fingerprint density at radius 3 is 2.31 bits per heavy atom. The van der Waals surface area contributed by atoms with E-state index in [4.69, 9.17) is 9.97 Å². The van der Waals surface area contributed by atoms with Gasteiger partial charge in [-0.05, 0) is 94.8 Å². The van der Waals surface area contributed by atoms with Crippen LogP contribution in [0.25, 0.3) is 66.7 Å². The Bertz CT molecular complexity index is 2680. The zero-order chi connectivity index (χ0) is 34.6. The van der Waals surface area contributed by atoms with Crippen molar-refractivity contribution in [1.82, 2.24) is 14.5 Å². The number of para-hydroxylation sites is 1. The highest BCUT2D eigenvalue weighted by molar-refractivity contribution is 6.13. The number of hydrogen-bond donors (Lipinski definition) is 0. The van der Waals surface area contributed by atoms with Gasteiger partial charge in [0.25, 0.3) is 0 Å². The first-order valence-electron chi connectivity index (χ1n) is 18.5. The Labute approximate surface area is 303 Å². The first-order chi connectivity index (χ1) is 25.7. The number of rotatable bonds is 5. The number of hydrogen-bond acceptors (Lipinski definition) is 3. The molecule has 2 aliphatic carbocycles. The Morgan fingerprint density at radius 1 is 0.712 bits per heavy atom. The van der Waals surface area contributed by atoms with E-state index in [2.05, 4.69) is 168 Å². The van der Waals surface area contributed by atoms with Crippen molar-refractivity contribution >= 4 is 50.3 Å². The van der Waals surface area contributed by atoms with E-state index in [0.717, 1.165) is 58.6 Å². The number of nitrogens with zero attached hydrogens (tertiary/aromatic N) is 4. The third kappa shape index (κ3) is 5.17. The van der Waals surface area contributed by atoms with E-state index in [9.17, 15) is 0 Å². The lowest BCUT2D eigenvalue weighted by Crippen LogP contribution is -2.13. The van der Waals surface area contributed by atoms with Gasteiger partial charge in [-0.25, -0.2) is 9.97 Å². The molecular weight excluding hydrogens is 633 g/mol. The fourth-order valence-electron chi connectivity index (χ4n) is 8.54. The third-order valence-electron chi connectivity index (χ3n) is 11.2. The van der Waals surface area contributed by atoms with Gasteiger partial charge in [-0.3, -0.25) is 4.99 Å². The van der Waals surface area contributed by atoms with Crippen molar-refractivity contribution in [3.63, 3.8) is 0 Å². The number of aryl methyl sites for hydroxylation is 1. The average molecular weight is 671 g/mol.